The van der Waals surface area contributed by atoms with Gasteiger partial charge in [-0.25, -0.2) is 24.2 Å². The molecule has 2 fully saturated rings. The number of amides is 1. The maximum Gasteiger partial charge on any atom is 0.412 e. The number of rotatable bonds is 7. The van der Waals surface area contributed by atoms with Gasteiger partial charge in [0, 0.05) is 38.8 Å². The van der Waals surface area contributed by atoms with E-state index in [0.717, 1.165) is 55.9 Å². The van der Waals surface area contributed by atoms with Gasteiger partial charge in [0.1, 0.15) is 25.4 Å². The topological polar surface area (TPSA) is 184 Å². The van der Waals surface area contributed by atoms with Gasteiger partial charge in [-0.15, -0.1) is 0 Å². The molecule has 4 aliphatic rings. The molecular formula is C42H52N4O10. The summed E-state index contributed by atoms with van der Waals surface area (Å²) in [7, 11) is 2.96. The van der Waals surface area contributed by atoms with Gasteiger partial charge in [0.2, 0.25) is 6.08 Å². The molecule has 56 heavy (non-hydrogen) atoms. The summed E-state index contributed by atoms with van der Waals surface area (Å²) < 4.78 is 17.1. The molecule has 2 N–H and O–H groups in total. The first-order valence-corrected chi connectivity index (χ1v) is 18.6. The van der Waals surface area contributed by atoms with Gasteiger partial charge in [-0.2, -0.15) is 0 Å². The summed E-state index contributed by atoms with van der Waals surface area (Å²) in [5, 5.41) is 21.3. The van der Waals surface area contributed by atoms with Crippen molar-refractivity contribution in [2.75, 3.05) is 27.3 Å². The number of alkyl carbamates (subject to hydrolysis) is 1. The van der Waals surface area contributed by atoms with Gasteiger partial charge < -0.3 is 34.3 Å². The van der Waals surface area contributed by atoms with Crippen molar-refractivity contribution in [3.05, 3.63) is 80.3 Å². The smallest absolute Gasteiger partial charge is 0.412 e. The van der Waals surface area contributed by atoms with E-state index in [2.05, 4.69) is 20.6 Å². The second-order valence-electron chi connectivity index (χ2n) is 14.2. The highest BCUT2D eigenvalue weighted by Crippen LogP contribution is 2.49. The standard InChI is InChI=1S/C21H26N2O5.C18H21NO4.C3H5NO/c1-6-22-20(25)27-18-17(16-10-13(3)12(2)9-14(16)4)19(24)28-21(18)8-7-15(11-21)23-26-5;1-10-7-12(3)14(8-11(10)2)15-16(20)18(23-17(15)21)6-5-13(9-18)19-22-4;1-2-4-3-5/h9-10H,6-8,11H2,1-5H3,(H,22,25);7-8,20H,5-6,9H2,1-4H3;2H2,1H3/b;19-13+;. The van der Waals surface area contributed by atoms with E-state index < -0.39 is 29.2 Å². The third kappa shape index (κ3) is 9.03. The first-order valence-electron chi connectivity index (χ1n) is 18.6. The van der Waals surface area contributed by atoms with Crippen LogP contribution in [0.15, 0.2) is 51.1 Å². The Bertz CT molecular complexity index is 2060. The highest BCUT2D eigenvalue weighted by molar-refractivity contribution is 6.21. The van der Waals surface area contributed by atoms with Gasteiger partial charge in [-0.05, 0) is 113 Å². The summed E-state index contributed by atoms with van der Waals surface area (Å²) in [6.45, 7) is 16.4. The van der Waals surface area contributed by atoms with Gasteiger partial charge >= 0.3 is 18.0 Å². The number of carbonyl (C=O) groups is 3. The Morgan fingerprint density at radius 1 is 0.768 bits per heavy atom. The van der Waals surface area contributed by atoms with Crippen LogP contribution in [-0.2, 0) is 38.3 Å². The number of isocyanates is 1. The van der Waals surface area contributed by atoms with E-state index in [-0.39, 0.29) is 17.1 Å². The Hall–Kier alpha value is -5.75. The van der Waals surface area contributed by atoms with Crippen molar-refractivity contribution in [3.8, 4) is 0 Å². The number of nitrogens with zero attached hydrogens (tertiary/aromatic N) is 3. The molecule has 2 aromatic rings. The van der Waals surface area contributed by atoms with Crippen LogP contribution in [0.1, 0.15) is 96.9 Å². The number of benzene rings is 2. The first kappa shape index (κ1) is 43.0. The number of aliphatic hydroxyl groups is 1. The molecule has 2 atom stereocenters. The minimum absolute atomic E-state index is 0.0233. The van der Waals surface area contributed by atoms with Crippen LogP contribution in [-0.4, -0.2) is 79.2 Å². The number of aliphatic hydroxyl groups excluding tert-OH is 1. The number of aryl methyl sites for hydroxylation is 6. The van der Waals surface area contributed by atoms with Crippen LogP contribution in [0.4, 0.5) is 4.79 Å². The van der Waals surface area contributed by atoms with Crippen LogP contribution in [0, 0.1) is 41.5 Å². The molecule has 300 valence electrons. The highest BCUT2D eigenvalue weighted by atomic mass is 16.6. The van der Waals surface area contributed by atoms with Crippen molar-refractivity contribution in [2.45, 2.75) is 105 Å². The number of carbonyl (C=O) groups excluding carboxylic acids is 4. The van der Waals surface area contributed by atoms with Crippen LogP contribution in [0.5, 0.6) is 0 Å². The number of oxime groups is 2. The number of hydrogen-bond acceptors (Lipinski definition) is 13. The van der Waals surface area contributed by atoms with Crippen LogP contribution in [0.3, 0.4) is 0 Å². The monoisotopic (exact) mass is 772 g/mol. The Labute approximate surface area is 327 Å². The molecule has 2 aliphatic heterocycles. The predicted octanol–water partition coefficient (Wildman–Crippen LogP) is 7.26. The van der Waals surface area contributed by atoms with Gasteiger partial charge in [-0.3, -0.25) is 0 Å². The van der Waals surface area contributed by atoms with Crippen molar-refractivity contribution < 1.29 is 48.2 Å². The van der Waals surface area contributed by atoms with Crippen LogP contribution in [0.25, 0.3) is 11.1 Å². The molecular weight excluding hydrogens is 720 g/mol. The third-order valence-electron chi connectivity index (χ3n) is 10.3. The molecule has 0 bridgehead atoms. The molecule has 0 aromatic heterocycles. The molecule has 2 spiro atoms. The molecule has 14 heteroatoms. The molecule has 0 saturated heterocycles. The lowest BCUT2D eigenvalue weighted by Crippen LogP contribution is -2.34. The Balaban J connectivity index is 0.000000225. The van der Waals surface area contributed by atoms with E-state index in [9.17, 15) is 19.5 Å². The fraction of sp³-hybridized carbons (Fsp3) is 0.476. The molecule has 2 saturated carbocycles. The number of hydrogen-bond donors (Lipinski definition) is 2. The van der Waals surface area contributed by atoms with Crippen molar-refractivity contribution in [3.63, 3.8) is 0 Å². The maximum absolute atomic E-state index is 12.9. The minimum Gasteiger partial charge on any atom is -0.507 e. The SMILES string of the molecule is CCN=C=O.CCNC(=O)OC1=C(c2cc(C)c(C)cc2C)C(=O)OC12CCC(=NOC)C2.CO/N=C1\CCC2(C1)OC(=O)C(c1cc(C)c(C)cc1C)=C2O. The van der Waals surface area contributed by atoms with Crippen molar-refractivity contribution >= 4 is 46.7 Å². The molecule has 2 unspecified atom stereocenters. The van der Waals surface area contributed by atoms with E-state index >= 15 is 0 Å². The zero-order chi connectivity index (χ0) is 41.4. The molecule has 2 heterocycles. The van der Waals surface area contributed by atoms with Crippen LogP contribution >= 0.6 is 0 Å². The van der Waals surface area contributed by atoms with Crippen LogP contribution in [0.2, 0.25) is 0 Å². The largest absolute Gasteiger partial charge is 0.507 e. The van der Waals surface area contributed by atoms with Crippen molar-refractivity contribution in [1.82, 2.24) is 5.32 Å². The summed E-state index contributed by atoms with van der Waals surface area (Å²) >= 11 is 0. The second-order valence-corrected chi connectivity index (χ2v) is 14.2. The third-order valence-corrected chi connectivity index (χ3v) is 10.3. The molecule has 2 aliphatic carbocycles. The van der Waals surface area contributed by atoms with E-state index in [4.69, 9.17) is 28.7 Å². The molecule has 14 nitrogen and oxygen atoms in total. The second kappa shape index (κ2) is 18.3. The highest BCUT2D eigenvalue weighted by Gasteiger charge is 2.55. The van der Waals surface area contributed by atoms with Gasteiger partial charge in [0.05, 0.1) is 11.4 Å². The van der Waals surface area contributed by atoms with Gasteiger partial charge in [0.15, 0.2) is 22.7 Å². The zero-order valence-corrected chi connectivity index (χ0v) is 33.9. The van der Waals surface area contributed by atoms with Crippen molar-refractivity contribution in [2.24, 2.45) is 15.3 Å². The number of ether oxygens (including phenoxy) is 3. The molecule has 6 rings (SSSR count). The van der Waals surface area contributed by atoms with E-state index in [1.807, 2.05) is 65.8 Å². The normalized spacial score (nSPS) is 22.4. The maximum atomic E-state index is 12.9. The van der Waals surface area contributed by atoms with E-state index in [1.165, 1.54) is 20.3 Å². The van der Waals surface area contributed by atoms with Gasteiger partial charge in [0.25, 0.3) is 0 Å². The zero-order valence-electron chi connectivity index (χ0n) is 33.9. The first-order chi connectivity index (χ1) is 26.6. The minimum atomic E-state index is -1.03. The van der Waals surface area contributed by atoms with E-state index in [0.29, 0.717) is 57.2 Å². The molecule has 0 radical (unpaired) electrons. The fourth-order valence-electron chi connectivity index (χ4n) is 7.30. The molecule has 2 aromatic carbocycles. The van der Waals surface area contributed by atoms with Crippen LogP contribution < -0.4 is 5.32 Å². The summed E-state index contributed by atoms with van der Waals surface area (Å²) in [5.41, 5.74) is 7.90. The van der Waals surface area contributed by atoms with Crippen molar-refractivity contribution in [1.29, 1.82) is 0 Å². The molecule has 1 amide bonds. The number of aliphatic imine (C=N–C) groups is 1. The lowest BCUT2D eigenvalue weighted by Gasteiger charge is -2.24. The predicted molar refractivity (Wildman–Crippen MR) is 211 cm³/mol. The quantitative estimate of drug-likeness (QED) is 0.0955. The summed E-state index contributed by atoms with van der Waals surface area (Å²) in [6, 6.07) is 7.93. The average molecular weight is 773 g/mol. The van der Waals surface area contributed by atoms with Gasteiger partial charge in [-0.1, -0.05) is 34.6 Å². The number of nitrogens with one attached hydrogen (secondary N) is 1. The Morgan fingerprint density at radius 2 is 1.23 bits per heavy atom. The summed E-state index contributed by atoms with van der Waals surface area (Å²) in [4.78, 5) is 59.6. The van der Waals surface area contributed by atoms with E-state index in [1.54, 1.807) is 13.8 Å². The Kier molecular flexibility index (Phi) is 14.0. The summed E-state index contributed by atoms with van der Waals surface area (Å²) in [5.74, 6) is -0.664. The summed E-state index contributed by atoms with van der Waals surface area (Å²) in [6.07, 6.45) is 3.77. The number of esters is 2. The Morgan fingerprint density at radius 3 is 1.71 bits per heavy atom. The lowest BCUT2D eigenvalue weighted by molar-refractivity contribution is -0.146. The fourth-order valence-corrected chi connectivity index (χ4v) is 7.30. The lowest BCUT2D eigenvalue weighted by atomic mass is 9.91. The average Bonchev–Trinajstić information content (AvgIpc) is 3.87.